The number of likely N-dealkylation sites (tertiary alicyclic amines) is 1. The lowest BCUT2D eigenvalue weighted by Crippen LogP contribution is -2.39. The predicted molar refractivity (Wildman–Crippen MR) is 86.3 cm³/mol. The first-order valence-electron chi connectivity index (χ1n) is 7.78. The van der Waals surface area contributed by atoms with Crippen LogP contribution in [0.2, 0.25) is 5.02 Å². The summed E-state index contributed by atoms with van der Waals surface area (Å²) in [4.78, 5) is 18.6. The van der Waals surface area contributed by atoms with Crippen molar-refractivity contribution in [1.82, 2.24) is 20.1 Å². The number of aromatic amines is 1. The number of carbonyl (C=O) groups excluding carboxylic acids is 1. The van der Waals surface area contributed by atoms with Crippen molar-refractivity contribution < 1.29 is 9.53 Å². The van der Waals surface area contributed by atoms with E-state index in [0.29, 0.717) is 23.8 Å². The first-order valence-corrected chi connectivity index (χ1v) is 8.15. The molecule has 1 aromatic carbocycles. The molecule has 0 unspecified atom stereocenters. The lowest BCUT2D eigenvalue weighted by molar-refractivity contribution is -0.135. The third kappa shape index (κ3) is 3.82. The Morgan fingerprint density at radius 1 is 1.39 bits per heavy atom. The van der Waals surface area contributed by atoms with Gasteiger partial charge in [0.1, 0.15) is 17.9 Å². The zero-order valence-electron chi connectivity index (χ0n) is 12.7. The summed E-state index contributed by atoms with van der Waals surface area (Å²) in [6, 6.07) is 7.25. The lowest BCUT2D eigenvalue weighted by atomic mass is 10.0. The highest BCUT2D eigenvalue weighted by Gasteiger charge is 2.29. The molecule has 0 saturated carbocycles. The smallest absolute Gasteiger partial charge is 0.226 e. The van der Waals surface area contributed by atoms with E-state index in [9.17, 15) is 4.79 Å². The second-order valence-corrected chi connectivity index (χ2v) is 5.91. The molecule has 6 nitrogen and oxygen atoms in total. The number of aromatic nitrogens is 3. The van der Waals surface area contributed by atoms with Crippen LogP contribution in [0.25, 0.3) is 0 Å². The number of benzene rings is 1. The largest absolute Gasteiger partial charge is 0.491 e. The number of nitrogens with zero attached hydrogens (tertiary/aromatic N) is 3. The van der Waals surface area contributed by atoms with Gasteiger partial charge in [-0.05, 0) is 31.4 Å². The average Bonchev–Trinajstić information content (AvgIpc) is 3.11. The van der Waals surface area contributed by atoms with E-state index in [4.69, 9.17) is 16.3 Å². The van der Waals surface area contributed by atoms with E-state index in [1.165, 1.54) is 6.33 Å². The summed E-state index contributed by atoms with van der Waals surface area (Å²) in [5.41, 5.74) is 0. The van der Waals surface area contributed by atoms with Crippen LogP contribution < -0.4 is 4.74 Å². The molecule has 7 heteroatoms. The van der Waals surface area contributed by atoms with Crippen LogP contribution in [0.5, 0.6) is 5.75 Å². The summed E-state index contributed by atoms with van der Waals surface area (Å²) >= 11 is 6.04. The molecule has 1 aliphatic heterocycles. The minimum Gasteiger partial charge on any atom is -0.491 e. The number of hydrogen-bond donors (Lipinski definition) is 1. The maximum absolute atomic E-state index is 12.5. The molecule has 1 saturated heterocycles. The second kappa shape index (κ2) is 7.46. The highest BCUT2D eigenvalue weighted by atomic mass is 35.5. The van der Waals surface area contributed by atoms with Crippen molar-refractivity contribution in [3.63, 3.8) is 0 Å². The minimum absolute atomic E-state index is 0.0148. The zero-order valence-corrected chi connectivity index (χ0v) is 13.5. The molecule has 0 bridgehead atoms. The Morgan fingerprint density at radius 3 is 3.04 bits per heavy atom. The summed E-state index contributed by atoms with van der Waals surface area (Å²) in [5, 5.41) is 7.32. The topological polar surface area (TPSA) is 71.1 Å². The van der Waals surface area contributed by atoms with Gasteiger partial charge in [0.25, 0.3) is 0 Å². The SMILES string of the molecule is O=C(CCOc1ccccc1Cl)N1CCCC[C@H]1c1ncn[nH]1. The van der Waals surface area contributed by atoms with Gasteiger partial charge in [-0.2, -0.15) is 5.10 Å². The molecule has 1 N–H and O–H groups in total. The van der Waals surface area contributed by atoms with Crippen LogP contribution in [0.15, 0.2) is 30.6 Å². The molecule has 1 aliphatic rings. The number of hydrogen-bond acceptors (Lipinski definition) is 4. The number of nitrogens with one attached hydrogen (secondary N) is 1. The Morgan fingerprint density at radius 2 is 2.26 bits per heavy atom. The number of amides is 1. The predicted octanol–water partition coefficient (Wildman–Crippen LogP) is 2.98. The Bertz CT molecular complexity index is 647. The summed E-state index contributed by atoms with van der Waals surface area (Å²) < 4.78 is 5.61. The summed E-state index contributed by atoms with van der Waals surface area (Å²) in [6.45, 7) is 1.05. The fourth-order valence-corrected chi connectivity index (χ4v) is 3.03. The van der Waals surface area contributed by atoms with Gasteiger partial charge in [0.15, 0.2) is 0 Å². The van der Waals surface area contributed by atoms with Crippen LogP contribution in [0.4, 0.5) is 0 Å². The first-order chi connectivity index (χ1) is 11.3. The van der Waals surface area contributed by atoms with Crippen molar-refractivity contribution in [2.45, 2.75) is 31.7 Å². The molecule has 3 rings (SSSR count). The van der Waals surface area contributed by atoms with Crippen molar-refractivity contribution in [1.29, 1.82) is 0 Å². The van der Waals surface area contributed by atoms with Crippen molar-refractivity contribution in [3.8, 4) is 5.75 Å². The number of carbonyl (C=O) groups is 1. The second-order valence-electron chi connectivity index (χ2n) is 5.50. The summed E-state index contributed by atoms with van der Waals surface area (Å²) in [7, 11) is 0. The molecule has 1 amide bonds. The van der Waals surface area contributed by atoms with Gasteiger partial charge in [-0.1, -0.05) is 23.7 Å². The minimum atomic E-state index is -0.0148. The van der Waals surface area contributed by atoms with Crippen molar-refractivity contribution in [2.24, 2.45) is 0 Å². The van der Waals surface area contributed by atoms with E-state index in [1.807, 2.05) is 17.0 Å². The standard InChI is InChI=1S/C16H19ClN4O2/c17-12-5-1-2-7-14(12)23-10-8-15(22)21-9-4-3-6-13(21)16-18-11-19-20-16/h1-2,5,7,11,13H,3-4,6,8-10H2,(H,18,19,20)/t13-/m0/s1. The molecule has 122 valence electrons. The van der Waals surface area contributed by atoms with E-state index >= 15 is 0 Å². The van der Waals surface area contributed by atoms with E-state index in [-0.39, 0.29) is 11.9 Å². The number of ether oxygens (including phenoxy) is 1. The van der Waals surface area contributed by atoms with Crippen LogP contribution in [-0.4, -0.2) is 39.1 Å². The Hall–Kier alpha value is -2.08. The van der Waals surface area contributed by atoms with Crippen molar-refractivity contribution in [2.75, 3.05) is 13.2 Å². The van der Waals surface area contributed by atoms with Gasteiger partial charge in [0.2, 0.25) is 5.91 Å². The van der Waals surface area contributed by atoms with E-state index in [2.05, 4.69) is 15.2 Å². The molecule has 1 aromatic heterocycles. The van der Waals surface area contributed by atoms with Crippen molar-refractivity contribution >= 4 is 17.5 Å². The number of rotatable bonds is 5. The highest BCUT2D eigenvalue weighted by Crippen LogP contribution is 2.29. The maximum Gasteiger partial charge on any atom is 0.226 e. The third-order valence-electron chi connectivity index (χ3n) is 3.98. The van der Waals surface area contributed by atoms with E-state index in [0.717, 1.165) is 31.6 Å². The maximum atomic E-state index is 12.5. The third-order valence-corrected chi connectivity index (χ3v) is 4.29. The fourth-order valence-electron chi connectivity index (χ4n) is 2.84. The normalized spacial score (nSPS) is 18.0. The van der Waals surface area contributed by atoms with Gasteiger partial charge in [0, 0.05) is 6.54 Å². The van der Waals surface area contributed by atoms with Crippen LogP contribution in [0.3, 0.4) is 0 Å². The molecule has 23 heavy (non-hydrogen) atoms. The van der Waals surface area contributed by atoms with Gasteiger partial charge in [-0.3, -0.25) is 9.89 Å². The highest BCUT2D eigenvalue weighted by molar-refractivity contribution is 6.32. The number of halogens is 1. The van der Waals surface area contributed by atoms with Crippen LogP contribution in [0.1, 0.15) is 37.5 Å². The number of piperidine rings is 1. The Kier molecular flexibility index (Phi) is 5.12. The molecule has 2 heterocycles. The zero-order chi connectivity index (χ0) is 16.1. The lowest BCUT2D eigenvalue weighted by Gasteiger charge is -2.34. The molecular formula is C16H19ClN4O2. The summed E-state index contributed by atoms with van der Waals surface area (Å²) in [6.07, 6.45) is 4.81. The van der Waals surface area contributed by atoms with Gasteiger partial charge >= 0.3 is 0 Å². The Balaban J connectivity index is 1.57. The molecular weight excluding hydrogens is 316 g/mol. The monoisotopic (exact) mass is 334 g/mol. The van der Waals surface area contributed by atoms with Gasteiger partial charge in [-0.15, -0.1) is 0 Å². The molecule has 0 aliphatic carbocycles. The summed E-state index contributed by atoms with van der Waals surface area (Å²) in [5.74, 6) is 1.43. The molecule has 1 fully saturated rings. The molecule has 2 aromatic rings. The Labute approximate surface area is 139 Å². The number of para-hydroxylation sites is 1. The quantitative estimate of drug-likeness (QED) is 0.912. The molecule has 0 radical (unpaired) electrons. The fraction of sp³-hybridized carbons (Fsp3) is 0.438. The van der Waals surface area contributed by atoms with E-state index < -0.39 is 0 Å². The van der Waals surface area contributed by atoms with Gasteiger partial charge < -0.3 is 9.64 Å². The number of H-pyrrole nitrogens is 1. The van der Waals surface area contributed by atoms with Crippen LogP contribution in [0, 0.1) is 0 Å². The first kappa shape index (κ1) is 15.8. The van der Waals surface area contributed by atoms with Gasteiger partial charge in [-0.25, -0.2) is 4.98 Å². The van der Waals surface area contributed by atoms with Crippen molar-refractivity contribution in [3.05, 3.63) is 41.4 Å². The van der Waals surface area contributed by atoms with Gasteiger partial charge in [0.05, 0.1) is 24.1 Å². The average molecular weight is 335 g/mol. The van der Waals surface area contributed by atoms with Crippen LogP contribution in [-0.2, 0) is 4.79 Å². The molecule has 1 atom stereocenters. The molecule has 0 spiro atoms. The van der Waals surface area contributed by atoms with Crippen LogP contribution >= 0.6 is 11.6 Å². The van der Waals surface area contributed by atoms with E-state index in [1.54, 1.807) is 12.1 Å².